The van der Waals surface area contributed by atoms with Gasteiger partial charge in [-0.15, -0.1) is 0 Å². The molecule has 0 saturated carbocycles. The van der Waals surface area contributed by atoms with Gasteiger partial charge in [0.05, 0.1) is 71.8 Å². The van der Waals surface area contributed by atoms with Crippen molar-refractivity contribution in [1.29, 1.82) is 0 Å². The number of nitrogens with zero attached hydrogens (tertiary/aromatic N) is 1. The maximum Gasteiger partial charge on any atom is 0.337 e. The van der Waals surface area contributed by atoms with Crippen LogP contribution in [0.1, 0.15) is 53.4 Å². The van der Waals surface area contributed by atoms with Gasteiger partial charge >= 0.3 is 23.9 Å². The zero-order valence-corrected chi connectivity index (χ0v) is 64.8. The van der Waals surface area contributed by atoms with Crippen LogP contribution in [-0.4, -0.2) is 89.6 Å². The highest BCUT2D eigenvalue weighted by molar-refractivity contribution is 7.96. The molecule has 2 heterocycles. The summed E-state index contributed by atoms with van der Waals surface area (Å²) in [5.41, 5.74) is 6.78. The van der Waals surface area contributed by atoms with E-state index in [-0.39, 0.29) is 77.6 Å². The van der Waals surface area contributed by atoms with Gasteiger partial charge in [-0.3, -0.25) is 23.9 Å². The van der Waals surface area contributed by atoms with Crippen LogP contribution in [0.2, 0.25) is 0 Å². The third kappa shape index (κ3) is 19.1. The first kappa shape index (κ1) is 80.5. The number of hydrogen-bond donors (Lipinski definition) is 8. The smallest absolute Gasteiger partial charge is 0.337 e. The van der Waals surface area contributed by atoms with Crippen molar-refractivity contribution in [2.45, 2.75) is 21.1 Å². The lowest BCUT2D eigenvalue weighted by molar-refractivity contribution is 0.0687. The number of anilines is 4. The average molecular weight is 1630 g/mol. The number of carboxylic acids is 4. The number of sulfonamides is 4. The van der Waals surface area contributed by atoms with Crippen LogP contribution in [0.25, 0.3) is 83.0 Å². The molecule has 0 fully saturated rings. The summed E-state index contributed by atoms with van der Waals surface area (Å²) in [7, 11) is -16.1. The molecule has 8 N–H and O–H groups in total. The van der Waals surface area contributed by atoms with Gasteiger partial charge in [0, 0.05) is 34.3 Å². The first-order chi connectivity index (χ1) is 56.3. The number of rotatable bonds is 20. The molecule has 584 valence electrons. The number of benzene rings is 14. The molecule has 1 aliphatic heterocycles. The maximum atomic E-state index is 13.1. The van der Waals surface area contributed by atoms with Gasteiger partial charge in [-0.05, 0) is 140 Å². The lowest BCUT2D eigenvalue weighted by Gasteiger charge is -2.14. The van der Waals surface area contributed by atoms with Gasteiger partial charge < -0.3 is 25.2 Å². The summed E-state index contributed by atoms with van der Waals surface area (Å²) in [4.78, 5) is 51.2. The van der Waals surface area contributed by atoms with E-state index in [9.17, 15) is 73.3 Å². The zero-order valence-electron chi connectivity index (χ0n) is 61.5. The van der Waals surface area contributed by atoms with Crippen molar-refractivity contribution < 1.29 is 78.0 Å². The Kier molecular flexibility index (Phi) is 24.2. The van der Waals surface area contributed by atoms with E-state index in [4.69, 9.17) is 4.74 Å². The van der Waals surface area contributed by atoms with Gasteiger partial charge in [0.1, 0.15) is 10.6 Å². The van der Waals surface area contributed by atoms with Crippen LogP contribution < -0.4 is 23.6 Å². The molecule has 0 atom stereocenters. The number of nitrogens with one attached hydrogen (secondary N) is 4. The summed E-state index contributed by atoms with van der Waals surface area (Å²) in [6.07, 6.45) is 3.25. The number of fused-ring (bicyclic) bond motifs is 4. The number of aromatic nitrogens is 1. The second kappa shape index (κ2) is 35.2. The van der Waals surface area contributed by atoms with Crippen LogP contribution in [0, 0.1) is 0 Å². The third-order valence-electron chi connectivity index (χ3n) is 18.6. The topological polar surface area (TPSA) is 356 Å². The van der Waals surface area contributed by atoms with Crippen molar-refractivity contribution in [2.75, 3.05) is 25.5 Å². The number of carboxylic acid groups (broad SMARTS) is 4. The van der Waals surface area contributed by atoms with E-state index in [0.717, 1.165) is 33.0 Å². The van der Waals surface area contributed by atoms with Crippen LogP contribution in [0.3, 0.4) is 0 Å². The normalized spacial score (nSPS) is 11.8. The number of hydrogen-bond acceptors (Lipinski definition) is 14. The first-order valence-corrected chi connectivity index (χ1v) is 41.8. The minimum Gasteiger partial charge on any atom is -0.493 e. The Bertz CT molecular complexity index is 6320. The molecule has 0 unspecified atom stereocenters. The molecule has 0 bridgehead atoms. The minimum atomic E-state index is -4.07. The monoisotopic (exact) mass is 1630 g/mol. The predicted molar refractivity (Wildman–Crippen MR) is 454 cm³/mol. The lowest BCUT2D eigenvalue weighted by atomic mass is 10.0. The number of aromatic carboxylic acids is 4. The van der Waals surface area contributed by atoms with Gasteiger partial charge in [0.2, 0.25) is 0 Å². The van der Waals surface area contributed by atoms with Crippen molar-refractivity contribution in [3.05, 3.63) is 373 Å². The lowest BCUT2D eigenvalue weighted by Crippen LogP contribution is -2.18. The molecule has 26 heteroatoms. The molecule has 0 radical (unpaired) electrons. The van der Waals surface area contributed by atoms with Gasteiger partial charge in [-0.2, -0.15) is 0 Å². The minimum absolute atomic E-state index is 0.00760. The van der Waals surface area contributed by atoms with Crippen molar-refractivity contribution >= 4 is 125 Å². The van der Waals surface area contributed by atoms with Crippen LogP contribution in [-0.2, 0) is 40.1 Å². The molecule has 1 aromatic heterocycles. The SMILES string of the molecule is O=C(O)c1ccc(-c2ccccc2)cc1NS(=O)(=O)C1=Cc2ccccc2OCC1.O=C(O)c1ccc(-c2ccccc2)cc1NS(=O)(=O)c1cccc2ccccc12.O=C(O)c1ccc(-c2ccccc2)cc1NS(=O)(=O)c1cccc2ccccc12.O=C(O)c1ccc(-c2ccccc2)cc1NS(=O)(=O)c1cccc2cccnc12. The molecule has 0 aliphatic carbocycles. The molecule has 0 amide bonds. The van der Waals surface area contributed by atoms with Crippen molar-refractivity contribution in [3.8, 4) is 50.3 Å². The predicted octanol–water partition coefficient (Wildman–Crippen LogP) is 19.0. The third-order valence-corrected chi connectivity index (χ3v) is 24.3. The average Bonchev–Trinajstić information content (AvgIpc) is 1.58. The quantitative estimate of drug-likeness (QED) is 0.0351. The largest absolute Gasteiger partial charge is 0.493 e. The van der Waals surface area contributed by atoms with Gasteiger partial charge in [-0.1, -0.05) is 255 Å². The molecule has 0 spiro atoms. The van der Waals surface area contributed by atoms with E-state index in [1.54, 1.807) is 121 Å². The van der Waals surface area contributed by atoms with E-state index in [2.05, 4.69) is 23.9 Å². The summed E-state index contributed by atoms with van der Waals surface area (Å²) in [5.74, 6) is -4.24. The van der Waals surface area contributed by atoms with Crippen molar-refractivity contribution in [2.24, 2.45) is 0 Å². The van der Waals surface area contributed by atoms with Crippen molar-refractivity contribution in [3.63, 3.8) is 0 Å². The Hall–Kier alpha value is -14.6. The molecule has 22 nitrogen and oxygen atoms in total. The van der Waals surface area contributed by atoms with E-state index < -0.39 is 64.0 Å². The fourth-order valence-electron chi connectivity index (χ4n) is 12.9. The summed E-state index contributed by atoms with van der Waals surface area (Å²) < 4.78 is 120. The standard InChI is InChI=1S/C23H19NO5S.2C23H17NO4S.C22H16N2O4S/c25-23(26)20-11-10-17(16-6-2-1-3-7-16)15-21(20)24-30(27,28)19-12-13-29-22-9-5-4-8-18(22)14-19;2*25-23(26)20-14-13-18(16-7-2-1-3-8-16)15-21(20)24-29(27,28)22-12-6-10-17-9-4-5-11-19(17)22;25-22(26)18-12-11-17(15-6-2-1-3-7-15)14-19(18)24-29(27,28)20-10-4-8-16-9-5-13-23-21(16)20/h1-11,14-15,24H,12-13H2,(H,25,26);2*1-15,24H,(H,25,26);1-14,24H,(H,25,26). The molecule has 15 aromatic rings. The number of ether oxygens (including phenoxy) is 1. The van der Waals surface area contributed by atoms with Gasteiger partial charge in [0.25, 0.3) is 40.1 Å². The summed E-state index contributed by atoms with van der Waals surface area (Å²) in [5, 5.41) is 41.5. The van der Waals surface area contributed by atoms with E-state index >= 15 is 0 Å². The van der Waals surface area contributed by atoms with Gasteiger partial charge in [0.15, 0.2) is 0 Å². The molecule has 16 rings (SSSR count). The molecule has 1 aliphatic rings. The number of carbonyl (C=O) groups is 4. The fraction of sp³-hybridized carbons (Fsp3) is 0.0220. The van der Waals surface area contributed by atoms with Crippen LogP contribution in [0.15, 0.2) is 359 Å². The molecule has 14 aromatic carbocycles. The Morgan fingerprint density at radius 1 is 0.299 bits per heavy atom. The van der Waals surface area contributed by atoms with Crippen LogP contribution in [0.5, 0.6) is 5.75 Å². The fourth-order valence-corrected chi connectivity index (χ4v) is 18.0. The zero-order chi connectivity index (χ0) is 82.4. The number of pyridine rings is 1. The second-order valence-corrected chi connectivity index (χ2v) is 32.9. The van der Waals surface area contributed by atoms with E-state index in [0.29, 0.717) is 55.2 Å². The maximum absolute atomic E-state index is 13.1. The molecular weight excluding hydrogens is 1560 g/mol. The highest BCUT2D eigenvalue weighted by atomic mass is 32.2. The summed E-state index contributed by atoms with van der Waals surface area (Å²) >= 11 is 0. The van der Waals surface area contributed by atoms with Crippen molar-refractivity contribution in [1.82, 2.24) is 4.98 Å². The highest BCUT2D eigenvalue weighted by Gasteiger charge is 2.28. The summed E-state index contributed by atoms with van der Waals surface area (Å²) in [6, 6.07) is 95.5. The van der Waals surface area contributed by atoms with E-state index in [1.807, 2.05) is 164 Å². The number of para-hydroxylation sites is 2. The molecule has 117 heavy (non-hydrogen) atoms. The van der Waals surface area contributed by atoms with E-state index in [1.165, 1.54) is 60.8 Å². The molecule has 0 saturated heterocycles. The summed E-state index contributed by atoms with van der Waals surface area (Å²) in [6.45, 7) is 0.208. The Labute approximate surface area is 673 Å². The van der Waals surface area contributed by atoms with Gasteiger partial charge in [-0.25, -0.2) is 52.8 Å². The Morgan fingerprint density at radius 2 is 0.607 bits per heavy atom. The highest BCUT2D eigenvalue weighted by Crippen LogP contribution is 2.37. The second-order valence-electron chi connectivity index (χ2n) is 26.2. The Balaban J connectivity index is 0.000000135. The molecular formula is C91H69N5O17S4. The van der Waals surface area contributed by atoms with Crippen LogP contribution in [0.4, 0.5) is 22.7 Å². The Morgan fingerprint density at radius 3 is 0.991 bits per heavy atom. The van der Waals surface area contributed by atoms with Crippen LogP contribution >= 0.6 is 0 Å². The first-order valence-electron chi connectivity index (χ1n) is 35.8.